The summed E-state index contributed by atoms with van der Waals surface area (Å²) < 4.78 is 24.3. The zero-order valence-corrected chi connectivity index (χ0v) is 15.9. The van der Waals surface area contributed by atoms with Crippen molar-refractivity contribution in [3.8, 4) is 0 Å². The third-order valence-corrected chi connectivity index (χ3v) is 7.13. The molecule has 1 aliphatic rings. The maximum atomic E-state index is 12.6. The predicted octanol–water partition coefficient (Wildman–Crippen LogP) is 2.97. The molecule has 2 rings (SSSR count). The highest BCUT2D eigenvalue weighted by atomic mass is 79.9. The number of amides is 1. The SMILES string of the molecule is CCN(C(=O)C(C)Sc1ccc(Br)cc1)C1CCS(=O)(=O)C1. The maximum Gasteiger partial charge on any atom is 0.236 e. The number of carbonyl (C=O) groups is 1. The molecule has 1 heterocycles. The van der Waals surface area contributed by atoms with Crippen molar-refractivity contribution >= 4 is 43.4 Å². The molecule has 0 bridgehead atoms. The molecule has 0 radical (unpaired) electrons. The Kier molecular flexibility index (Phi) is 5.96. The highest BCUT2D eigenvalue weighted by Crippen LogP contribution is 2.27. The average Bonchev–Trinajstić information content (AvgIpc) is 2.82. The number of halogens is 1. The van der Waals surface area contributed by atoms with Gasteiger partial charge in [-0.05, 0) is 44.5 Å². The van der Waals surface area contributed by atoms with Crippen LogP contribution in [0.2, 0.25) is 0 Å². The molecule has 2 atom stereocenters. The fourth-order valence-electron chi connectivity index (χ4n) is 2.62. The van der Waals surface area contributed by atoms with E-state index in [9.17, 15) is 13.2 Å². The van der Waals surface area contributed by atoms with E-state index in [0.717, 1.165) is 9.37 Å². The molecule has 0 aliphatic carbocycles. The van der Waals surface area contributed by atoms with Gasteiger partial charge >= 0.3 is 0 Å². The zero-order chi connectivity index (χ0) is 16.3. The molecule has 1 aromatic rings. The van der Waals surface area contributed by atoms with Gasteiger partial charge in [0.05, 0.1) is 16.8 Å². The lowest BCUT2D eigenvalue weighted by atomic mass is 10.2. The number of hydrogen-bond acceptors (Lipinski definition) is 4. The Bertz CT molecular complexity index is 631. The molecular weight excluding hydrogens is 386 g/mol. The van der Waals surface area contributed by atoms with E-state index < -0.39 is 9.84 Å². The van der Waals surface area contributed by atoms with E-state index in [-0.39, 0.29) is 28.7 Å². The summed E-state index contributed by atoms with van der Waals surface area (Å²) in [6, 6.07) is 7.65. The molecule has 2 unspecified atom stereocenters. The second-order valence-electron chi connectivity index (χ2n) is 5.40. The lowest BCUT2D eigenvalue weighted by Gasteiger charge is -2.29. The van der Waals surface area contributed by atoms with Gasteiger partial charge in [0.1, 0.15) is 0 Å². The molecule has 1 aliphatic heterocycles. The molecule has 1 fully saturated rings. The molecule has 1 aromatic carbocycles. The van der Waals surface area contributed by atoms with E-state index in [0.29, 0.717) is 13.0 Å². The van der Waals surface area contributed by atoms with Gasteiger partial charge in [0, 0.05) is 22.0 Å². The highest BCUT2D eigenvalue weighted by Gasteiger charge is 2.35. The Morgan fingerprint density at radius 3 is 2.55 bits per heavy atom. The Balaban J connectivity index is 2.03. The fourth-order valence-corrected chi connectivity index (χ4v) is 5.55. The van der Waals surface area contributed by atoms with Crippen molar-refractivity contribution in [3.05, 3.63) is 28.7 Å². The number of rotatable bonds is 5. The molecule has 22 heavy (non-hydrogen) atoms. The van der Waals surface area contributed by atoms with Gasteiger partial charge in [-0.1, -0.05) is 15.9 Å². The minimum absolute atomic E-state index is 0.0116. The third-order valence-electron chi connectivity index (χ3n) is 3.75. The van der Waals surface area contributed by atoms with E-state index in [1.54, 1.807) is 4.90 Å². The summed E-state index contributed by atoms with van der Waals surface area (Å²) >= 11 is 4.89. The second kappa shape index (κ2) is 7.36. The highest BCUT2D eigenvalue weighted by molar-refractivity contribution is 9.10. The Hall–Kier alpha value is -0.530. The molecule has 0 aromatic heterocycles. The van der Waals surface area contributed by atoms with Crippen LogP contribution in [0.15, 0.2) is 33.6 Å². The smallest absolute Gasteiger partial charge is 0.236 e. The predicted molar refractivity (Wildman–Crippen MR) is 93.9 cm³/mol. The van der Waals surface area contributed by atoms with E-state index in [4.69, 9.17) is 0 Å². The summed E-state index contributed by atoms with van der Waals surface area (Å²) in [5.41, 5.74) is 0. The molecule has 0 spiro atoms. The van der Waals surface area contributed by atoms with E-state index in [2.05, 4.69) is 15.9 Å². The van der Waals surface area contributed by atoms with Crippen LogP contribution in [-0.4, -0.2) is 48.6 Å². The largest absolute Gasteiger partial charge is 0.338 e. The first-order chi connectivity index (χ1) is 10.3. The molecule has 1 saturated heterocycles. The first-order valence-corrected chi connectivity index (χ1v) is 10.7. The van der Waals surface area contributed by atoms with Gasteiger partial charge in [0.15, 0.2) is 9.84 Å². The van der Waals surface area contributed by atoms with Gasteiger partial charge in [-0.2, -0.15) is 0 Å². The van der Waals surface area contributed by atoms with Crippen molar-refractivity contribution in [2.24, 2.45) is 0 Å². The first kappa shape index (κ1) is 17.8. The quantitative estimate of drug-likeness (QED) is 0.706. The van der Waals surface area contributed by atoms with E-state index >= 15 is 0 Å². The number of thioether (sulfide) groups is 1. The average molecular weight is 406 g/mol. The van der Waals surface area contributed by atoms with E-state index in [1.807, 2.05) is 38.1 Å². The fraction of sp³-hybridized carbons (Fsp3) is 0.533. The molecule has 0 saturated carbocycles. The standard InChI is InChI=1S/C15H20BrNO3S2/c1-3-17(13-8-9-22(19,20)10-13)15(18)11(2)21-14-6-4-12(16)5-7-14/h4-7,11,13H,3,8-10H2,1-2H3. The van der Waals surface area contributed by atoms with Crippen LogP contribution in [0, 0.1) is 0 Å². The van der Waals surface area contributed by atoms with Crippen molar-refractivity contribution < 1.29 is 13.2 Å². The Morgan fingerprint density at radius 2 is 2.05 bits per heavy atom. The Morgan fingerprint density at radius 1 is 1.41 bits per heavy atom. The summed E-state index contributed by atoms with van der Waals surface area (Å²) in [5, 5.41) is -0.232. The Labute approximate surface area is 144 Å². The van der Waals surface area contributed by atoms with Gasteiger partial charge in [0.25, 0.3) is 0 Å². The number of carbonyl (C=O) groups excluding carboxylic acids is 1. The van der Waals surface area contributed by atoms with Crippen LogP contribution in [0.5, 0.6) is 0 Å². The maximum absolute atomic E-state index is 12.6. The normalized spacial score (nSPS) is 21.5. The minimum Gasteiger partial charge on any atom is -0.338 e. The molecule has 122 valence electrons. The van der Waals surface area contributed by atoms with Gasteiger partial charge in [-0.25, -0.2) is 8.42 Å². The van der Waals surface area contributed by atoms with Crippen LogP contribution in [0.3, 0.4) is 0 Å². The van der Waals surface area contributed by atoms with Crippen molar-refractivity contribution in [1.82, 2.24) is 4.90 Å². The topological polar surface area (TPSA) is 54.5 Å². The van der Waals surface area contributed by atoms with Crippen LogP contribution >= 0.6 is 27.7 Å². The van der Waals surface area contributed by atoms with Gasteiger partial charge in [0.2, 0.25) is 5.91 Å². The summed E-state index contributed by atoms with van der Waals surface area (Å²) in [6.07, 6.45) is 0.553. The summed E-state index contributed by atoms with van der Waals surface area (Å²) in [7, 11) is -2.98. The van der Waals surface area contributed by atoms with Crippen LogP contribution in [0.25, 0.3) is 0 Å². The molecule has 7 heteroatoms. The van der Waals surface area contributed by atoms with Crippen molar-refractivity contribution in [1.29, 1.82) is 0 Å². The van der Waals surface area contributed by atoms with Crippen LogP contribution in [-0.2, 0) is 14.6 Å². The molecule has 0 N–H and O–H groups in total. The van der Waals surface area contributed by atoms with E-state index in [1.165, 1.54) is 11.8 Å². The number of hydrogen-bond donors (Lipinski definition) is 0. The lowest BCUT2D eigenvalue weighted by Crippen LogP contribution is -2.44. The monoisotopic (exact) mass is 405 g/mol. The van der Waals surface area contributed by atoms with Crippen molar-refractivity contribution in [2.75, 3.05) is 18.1 Å². The number of nitrogens with zero attached hydrogens (tertiary/aromatic N) is 1. The number of sulfone groups is 1. The summed E-state index contributed by atoms with van der Waals surface area (Å²) in [5.74, 6) is 0.301. The van der Waals surface area contributed by atoms with Gasteiger partial charge < -0.3 is 4.90 Å². The molecule has 4 nitrogen and oxygen atoms in total. The van der Waals surface area contributed by atoms with Gasteiger partial charge in [-0.3, -0.25) is 4.79 Å². The first-order valence-electron chi connectivity index (χ1n) is 7.25. The van der Waals surface area contributed by atoms with Gasteiger partial charge in [-0.15, -0.1) is 11.8 Å². The summed E-state index contributed by atoms with van der Waals surface area (Å²) in [6.45, 7) is 4.32. The van der Waals surface area contributed by atoms with Crippen LogP contribution in [0.4, 0.5) is 0 Å². The molecule has 1 amide bonds. The van der Waals surface area contributed by atoms with Crippen molar-refractivity contribution in [3.63, 3.8) is 0 Å². The second-order valence-corrected chi connectivity index (χ2v) is 9.95. The van der Waals surface area contributed by atoms with Crippen LogP contribution in [0.1, 0.15) is 20.3 Å². The van der Waals surface area contributed by atoms with Crippen LogP contribution < -0.4 is 0 Å². The minimum atomic E-state index is -2.98. The molecular formula is C15H20BrNO3S2. The lowest BCUT2D eigenvalue weighted by molar-refractivity contribution is -0.131. The summed E-state index contributed by atoms with van der Waals surface area (Å²) in [4.78, 5) is 15.4. The zero-order valence-electron chi connectivity index (χ0n) is 12.7. The third kappa shape index (κ3) is 4.49. The van der Waals surface area contributed by atoms with Crippen molar-refractivity contribution in [2.45, 2.75) is 36.5 Å². The number of benzene rings is 1.